The molecule has 2 aromatic rings. The molecule has 5 rings (SSSR count). The molecular weight excluding hydrogens is 370 g/mol. The monoisotopic (exact) mass is 403 g/mol. The van der Waals surface area contributed by atoms with E-state index in [0.717, 1.165) is 31.6 Å². The average molecular weight is 404 g/mol. The zero-order valence-electron chi connectivity index (χ0n) is 17.8. The minimum absolute atomic E-state index is 0.0339. The Morgan fingerprint density at radius 2 is 1.50 bits per heavy atom. The second kappa shape index (κ2) is 8.43. The molecule has 1 unspecified atom stereocenters. The average Bonchev–Trinajstić information content (AvgIpc) is 2.80. The third-order valence-electron chi connectivity index (χ3n) is 7.62. The van der Waals surface area contributed by atoms with Gasteiger partial charge >= 0.3 is 6.03 Å². The van der Waals surface area contributed by atoms with Gasteiger partial charge in [-0.15, -0.1) is 0 Å². The van der Waals surface area contributed by atoms with Crippen LogP contribution in [0.5, 0.6) is 0 Å². The van der Waals surface area contributed by atoms with Crippen molar-refractivity contribution in [3.8, 4) is 0 Å². The molecule has 0 bridgehead atoms. The first-order chi connectivity index (χ1) is 14.8. The topological polar surface area (TPSA) is 35.6 Å². The molecule has 4 nitrogen and oxygen atoms in total. The molecule has 30 heavy (non-hydrogen) atoms. The highest BCUT2D eigenvalue weighted by atomic mass is 16.2. The second-order valence-corrected chi connectivity index (χ2v) is 9.42. The summed E-state index contributed by atoms with van der Waals surface area (Å²) in [5, 5.41) is 3.04. The number of nitrogens with one attached hydrogen (secondary N) is 1. The number of amides is 2. The van der Waals surface area contributed by atoms with Crippen LogP contribution in [0.1, 0.15) is 56.6 Å². The largest absolute Gasteiger partial charge is 0.324 e. The molecule has 158 valence electrons. The van der Waals surface area contributed by atoms with Gasteiger partial charge in [-0.05, 0) is 43.4 Å². The van der Waals surface area contributed by atoms with Crippen molar-refractivity contribution in [2.24, 2.45) is 5.41 Å². The van der Waals surface area contributed by atoms with Gasteiger partial charge in [0.1, 0.15) is 0 Å². The zero-order chi connectivity index (χ0) is 20.4. The molecule has 2 aromatic carbocycles. The fourth-order valence-electron chi connectivity index (χ4n) is 6.11. The predicted molar refractivity (Wildman–Crippen MR) is 121 cm³/mol. The van der Waals surface area contributed by atoms with Gasteiger partial charge in [0.25, 0.3) is 0 Å². The highest BCUT2D eigenvalue weighted by Gasteiger charge is 2.54. The van der Waals surface area contributed by atoms with Gasteiger partial charge in [0.2, 0.25) is 0 Å². The summed E-state index contributed by atoms with van der Waals surface area (Å²) in [6, 6.07) is 22.1. The van der Waals surface area contributed by atoms with Crippen molar-refractivity contribution in [1.82, 2.24) is 9.80 Å². The Morgan fingerprint density at radius 3 is 2.17 bits per heavy atom. The summed E-state index contributed by atoms with van der Waals surface area (Å²) in [6.45, 7) is 2.93. The highest BCUT2D eigenvalue weighted by Crippen LogP contribution is 2.58. The van der Waals surface area contributed by atoms with Crippen LogP contribution in [0, 0.1) is 5.41 Å². The lowest BCUT2D eigenvalue weighted by molar-refractivity contribution is -0.132. The van der Waals surface area contributed by atoms with Crippen LogP contribution in [0.2, 0.25) is 0 Å². The molecule has 1 N–H and O–H groups in total. The molecule has 2 saturated heterocycles. The van der Waals surface area contributed by atoms with Crippen molar-refractivity contribution >= 4 is 11.7 Å². The van der Waals surface area contributed by atoms with Crippen LogP contribution in [-0.4, -0.2) is 41.5 Å². The molecule has 0 aromatic heterocycles. The van der Waals surface area contributed by atoms with E-state index >= 15 is 0 Å². The molecule has 3 fully saturated rings. The lowest BCUT2D eigenvalue weighted by atomic mass is 9.60. The van der Waals surface area contributed by atoms with Crippen molar-refractivity contribution in [2.75, 3.05) is 25.0 Å². The minimum Gasteiger partial charge on any atom is -0.324 e. The standard InChI is InChI=1S/C26H33N3O/c30-25(27-22-12-6-2-7-13-22)28-18-14-23(15-19-28)29-20-26(16-8-3-9-17-26)24(29)21-10-4-1-5-11-21/h1-2,4-7,10-13,23-24H,3,8-9,14-20H2,(H,27,30). The molecule has 2 amide bonds. The Bertz CT molecular complexity index is 839. The van der Waals surface area contributed by atoms with Crippen LogP contribution in [0.3, 0.4) is 0 Å². The highest BCUT2D eigenvalue weighted by molar-refractivity contribution is 5.89. The number of carbonyl (C=O) groups excluding carboxylic acids is 1. The van der Waals surface area contributed by atoms with Gasteiger partial charge in [0.15, 0.2) is 0 Å². The smallest absolute Gasteiger partial charge is 0.321 e. The SMILES string of the molecule is O=C(Nc1ccccc1)N1CCC(N2CC3(CCCCC3)C2c2ccccc2)CC1. The summed E-state index contributed by atoms with van der Waals surface area (Å²) in [5.41, 5.74) is 2.85. The fraction of sp³-hybridized carbons (Fsp3) is 0.500. The normalized spacial score (nSPS) is 24.4. The second-order valence-electron chi connectivity index (χ2n) is 9.42. The van der Waals surface area contributed by atoms with E-state index in [9.17, 15) is 4.79 Å². The number of hydrogen-bond acceptors (Lipinski definition) is 2. The Morgan fingerprint density at radius 1 is 0.867 bits per heavy atom. The molecule has 1 atom stereocenters. The van der Waals surface area contributed by atoms with E-state index in [0.29, 0.717) is 17.5 Å². The van der Waals surface area contributed by atoms with Gasteiger partial charge in [-0.1, -0.05) is 67.8 Å². The molecule has 1 spiro atoms. The first kappa shape index (κ1) is 19.6. The summed E-state index contributed by atoms with van der Waals surface area (Å²) in [7, 11) is 0. The number of benzene rings is 2. The van der Waals surface area contributed by atoms with Gasteiger partial charge in [-0.25, -0.2) is 4.79 Å². The Kier molecular flexibility index (Phi) is 5.51. The number of hydrogen-bond donors (Lipinski definition) is 1. The molecular formula is C26H33N3O. The van der Waals surface area contributed by atoms with Crippen LogP contribution >= 0.6 is 0 Å². The zero-order valence-corrected chi connectivity index (χ0v) is 17.8. The van der Waals surface area contributed by atoms with Gasteiger partial charge in [0.05, 0.1) is 0 Å². The number of piperidine rings is 1. The van der Waals surface area contributed by atoms with E-state index < -0.39 is 0 Å². The van der Waals surface area contributed by atoms with Crippen LogP contribution < -0.4 is 5.32 Å². The maximum absolute atomic E-state index is 12.7. The van der Waals surface area contributed by atoms with Crippen molar-refractivity contribution < 1.29 is 4.79 Å². The van der Waals surface area contributed by atoms with Gasteiger partial charge in [0, 0.05) is 42.8 Å². The van der Waals surface area contributed by atoms with E-state index in [2.05, 4.69) is 40.5 Å². The van der Waals surface area contributed by atoms with E-state index in [-0.39, 0.29) is 6.03 Å². The third kappa shape index (κ3) is 3.74. The third-order valence-corrected chi connectivity index (χ3v) is 7.62. The summed E-state index contributed by atoms with van der Waals surface area (Å²) >= 11 is 0. The van der Waals surface area contributed by atoms with Crippen molar-refractivity contribution in [3.05, 3.63) is 66.2 Å². The quantitative estimate of drug-likeness (QED) is 0.714. The summed E-state index contributed by atoms with van der Waals surface area (Å²) < 4.78 is 0. The number of urea groups is 1. The summed E-state index contributed by atoms with van der Waals surface area (Å²) in [6.07, 6.45) is 9.06. The molecule has 2 heterocycles. The maximum Gasteiger partial charge on any atom is 0.321 e. The Labute approximate surface area is 180 Å². The van der Waals surface area contributed by atoms with Crippen LogP contribution in [-0.2, 0) is 0 Å². The number of likely N-dealkylation sites (tertiary alicyclic amines) is 2. The molecule has 0 radical (unpaired) electrons. The molecule has 2 aliphatic heterocycles. The predicted octanol–water partition coefficient (Wildman–Crippen LogP) is 5.69. The van der Waals surface area contributed by atoms with Crippen LogP contribution in [0.15, 0.2) is 60.7 Å². The number of anilines is 1. The van der Waals surface area contributed by atoms with E-state index in [4.69, 9.17) is 0 Å². The Balaban J connectivity index is 1.24. The molecule has 3 aliphatic rings. The van der Waals surface area contributed by atoms with Gasteiger partial charge in [-0.3, -0.25) is 4.90 Å². The van der Waals surface area contributed by atoms with Gasteiger partial charge < -0.3 is 10.2 Å². The van der Waals surface area contributed by atoms with E-state index in [1.54, 1.807) is 0 Å². The van der Waals surface area contributed by atoms with Crippen molar-refractivity contribution in [1.29, 1.82) is 0 Å². The molecule has 1 saturated carbocycles. The van der Waals surface area contributed by atoms with Crippen LogP contribution in [0.4, 0.5) is 10.5 Å². The lowest BCUT2D eigenvalue weighted by Gasteiger charge is -2.63. The van der Waals surface area contributed by atoms with E-state index in [1.807, 2.05) is 35.2 Å². The Hall–Kier alpha value is -2.33. The summed E-state index contributed by atoms with van der Waals surface area (Å²) in [4.78, 5) is 17.4. The van der Waals surface area contributed by atoms with Crippen molar-refractivity contribution in [2.45, 2.75) is 57.0 Å². The minimum atomic E-state index is 0.0339. The number of nitrogens with zero attached hydrogens (tertiary/aromatic N) is 2. The molecule has 1 aliphatic carbocycles. The van der Waals surface area contributed by atoms with Crippen LogP contribution in [0.25, 0.3) is 0 Å². The lowest BCUT2D eigenvalue weighted by Crippen LogP contribution is -2.64. The number of para-hydroxylation sites is 1. The number of rotatable bonds is 3. The number of carbonyl (C=O) groups is 1. The maximum atomic E-state index is 12.7. The fourth-order valence-corrected chi connectivity index (χ4v) is 6.11. The van der Waals surface area contributed by atoms with Gasteiger partial charge in [-0.2, -0.15) is 0 Å². The van der Waals surface area contributed by atoms with E-state index in [1.165, 1.54) is 44.2 Å². The molecule has 4 heteroatoms. The summed E-state index contributed by atoms with van der Waals surface area (Å²) in [5.74, 6) is 0. The van der Waals surface area contributed by atoms with Crippen molar-refractivity contribution in [3.63, 3.8) is 0 Å². The first-order valence-electron chi connectivity index (χ1n) is 11.7. The first-order valence-corrected chi connectivity index (χ1v) is 11.7.